The van der Waals surface area contributed by atoms with E-state index in [-0.39, 0.29) is 5.97 Å². The molecule has 0 rings (SSSR count). The van der Waals surface area contributed by atoms with Crippen LogP contribution in [0.15, 0.2) is 0 Å². The van der Waals surface area contributed by atoms with E-state index in [2.05, 4.69) is 4.74 Å². The van der Waals surface area contributed by atoms with Gasteiger partial charge in [-0.3, -0.25) is 4.79 Å². The van der Waals surface area contributed by atoms with Gasteiger partial charge in [0.2, 0.25) is 0 Å². The molecule has 0 bridgehead atoms. The van der Waals surface area contributed by atoms with Crippen LogP contribution in [0.2, 0.25) is 13.1 Å². The summed E-state index contributed by atoms with van der Waals surface area (Å²) in [6.45, 7) is 6.13. The van der Waals surface area contributed by atoms with E-state index in [0.717, 1.165) is 0 Å². The summed E-state index contributed by atoms with van der Waals surface area (Å²) in [7, 11) is -1.62. The molecular formula is C7H15ClO3Si. The molecule has 0 aromatic rings. The van der Waals surface area contributed by atoms with Crippen molar-refractivity contribution in [3.63, 3.8) is 0 Å². The summed E-state index contributed by atoms with van der Waals surface area (Å²) < 4.78 is 9.87. The van der Waals surface area contributed by atoms with Gasteiger partial charge in [0.1, 0.15) is 6.61 Å². The average Bonchev–Trinajstić information content (AvgIpc) is 1.83. The van der Waals surface area contributed by atoms with Crippen LogP contribution in [0.25, 0.3) is 0 Å². The average molecular weight is 211 g/mol. The van der Waals surface area contributed by atoms with Gasteiger partial charge in [-0.2, -0.15) is 11.1 Å². The second-order valence-corrected chi connectivity index (χ2v) is 9.91. The van der Waals surface area contributed by atoms with E-state index < -0.39 is 7.38 Å². The van der Waals surface area contributed by atoms with Gasteiger partial charge in [-0.1, -0.05) is 13.1 Å². The second kappa shape index (κ2) is 5.56. The molecule has 0 saturated heterocycles. The van der Waals surface area contributed by atoms with Crippen LogP contribution >= 0.6 is 11.1 Å². The zero-order chi connectivity index (χ0) is 9.61. The molecule has 0 N–H and O–H groups in total. The Morgan fingerprint density at radius 1 is 1.42 bits per heavy atom. The van der Waals surface area contributed by atoms with Crippen molar-refractivity contribution in [2.24, 2.45) is 0 Å². The maximum absolute atomic E-state index is 10.3. The Bertz CT molecular complexity index is 144. The zero-order valence-electron chi connectivity index (χ0n) is 7.72. The molecule has 3 nitrogen and oxygen atoms in total. The van der Waals surface area contributed by atoms with Crippen LogP contribution in [-0.4, -0.2) is 32.8 Å². The fourth-order valence-corrected chi connectivity index (χ4v) is 1.42. The molecule has 5 heteroatoms. The van der Waals surface area contributed by atoms with Gasteiger partial charge in [-0.25, -0.2) is 0 Å². The summed E-state index contributed by atoms with van der Waals surface area (Å²) in [6, 6.07) is 0. The lowest BCUT2D eigenvalue weighted by Gasteiger charge is -2.12. The number of ether oxygens (including phenoxy) is 2. The highest BCUT2D eigenvalue weighted by atomic mass is 35.6. The molecule has 0 aliphatic rings. The molecule has 0 atom stereocenters. The van der Waals surface area contributed by atoms with E-state index in [0.29, 0.717) is 19.4 Å². The Labute approximate surface area is 78.7 Å². The maximum Gasteiger partial charge on any atom is 0.302 e. The van der Waals surface area contributed by atoms with Crippen molar-refractivity contribution >= 4 is 24.4 Å². The lowest BCUT2D eigenvalue weighted by molar-refractivity contribution is -0.142. The fourth-order valence-electron chi connectivity index (χ4n) is 0.559. The van der Waals surface area contributed by atoms with Crippen molar-refractivity contribution < 1.29 is 14.3 Å². The lowest BCUT2D eigenvalue weighted by Crippen LogP contribution is -2.26. The number of halogens is 1. The Balaban J connectivity index is 3.17. The van der Waals surface area contributed by atoms with E-state index in [9.17, 15) is 4.79 Å². The molecule has 12 heavy (non-hydrogen) atoms. The third kappa shape index (κ3) is 9.94. The molecule has 0 spiro atoms. The minimum Gasteiger partial charge on any atom is -0.463 e. The quantitative estimate of drug-likeness (QED) is 0.299. The second-order valence-electron chi connectivity index (χ2n) is 3.11. The predicted molar refractivity (Wildman–Crippen MR) is 50.8 cm³/mol. The SMILES string of the molecule is CC(=O)OCCOC[Si](C)(C)Cl. The molecule has 0 saturated carbocycles. The van der Waals surface area contributed by atoms with E-state index in [4.69, 9.17) is 15.8 Å². The van der Waals surface area contributed by atoms with Crippen molar-refractivity contribution in [1.82, 2.24) is 0 Å². The molecular weight excluding hydrogens is 196 g/mol. The van der Waals surface area contributed by atoms with E-state index in [1.165, 1.54) is 6.92 Å². The number of esters is 1. The highest BCUT2D eigenvalue weighted by Gasteiger charge is 2.16. The smallest absolute Gasteiger partial charge is 0.302 e. The summed E-state index contributed by atoms with van der Waals surface area (Å²) in [6.07, 6.45) is 0.593. The molecule has 72 valence electrons. The molecule has 0 fully saturated rings. The Kier molecular flexibility index (Phi) is 5.53. The van der Waals surface area contributed by atoms with Crippen molar-refractivity contribution in [2.75, 3.05) is 19.4 Å². The Morgan fingerprint density at radius 2 is 2.00 bits per heavy atom. The minimum absolute atomic E-state index is 0.277. The molecule has 0 aliphatic carbocycles. The molecule has 0 amide bonds. The maximum atomic E-state index is 10.3. The molecule has 0 radical (unpaired) electrons. The summed E-state index contributed by atoms with van der Waals surface area (Å²) in [4.78, 5) is 10.3. The van der Waals surface area contributed by atoms with Crippen molar-refractivity contribution in [2.45, 2.75) is 20.0 Å². The van der Waals surface area contributed by atoms with Gasteiger partial charge < -0.3 is 9.47 Å². The Morgan fingerprint density at radius 3 is 2.42 bits per heavy atom. The molecule has 0 aliphatic heterocycles. The predicted octanol–water partition coefficient (Wildman–Crippen LogP) is 1.55. The third-order valence-electron chi connectivity index (χ3n) is 0.978. The highest BCUT2D eigenvalue weighted by molar-refractivity contribution is 7.19. The summed E-state index contributed by atoms with van der Waals surface area (Å²) in [5, 5.41) is 0. The van der Waals surface area contributed by atoms with E-state index >= 15 is 0 Å². The summed E-state index contributed by atoms with van der Waals surface area (Å²) >= 11 is 5.98. The number of hydrogen-bond donors (Lipinski definition) is 0. The first-order valence-electron chi connectivity index (χ1n) is 3.82. The number of rotatable bonds is 5. The topological polar surface area (TPSA) is 35.5 Å². The van der Waals surface area contributed by atoms with Crippen LogP contribution in [0.5, 0.6) is 0 Å². The van der Waals surface area contributed by atoms with Crippen LogP contribution in [0.1, 0.15) is 6.92 Å². The lowest BCUT2D eigenvalue weighted by atomic mass is 10.7. The minimum atomic E-state index is -1.62. The van der Waals surface area contributed by atoms with Gasteiger partial charge in [-0.15, -0.1) is 0 Å². The zero-order valence-corrected chi connectivity index (χ0v) is 9.48. The first-order valence-corrected chi connectivity index (χ1v) is 8.04. The number of carbonyl (C=O) groups is 1. The van der Waals surface area contributed by atoms with Gasteiger partial charge >= 0.3 is 5.97 Å². The van der Waals surface area contributed by atoms with Crippen LogP contribution < -0.4 is 0 Å². The molecule has 0 aromatic carbocycles. The van der Waals surface area contributed by atoms with E-state index in [1.807, 2.05) is 13.1 Å². The fraction of sp³-hybridized carbons (Fsp3) is 0.857. The molecule has 0 heterocycles. The number of hydrogen-bond acceptors (Lipinski definition) is 3. The van der Waals surface area contributed by atoms with Crippen LogP contribution in [0, 0.1) is 0 Å². The standard InChI is InChI=1S/C7H15ClO3Si/c1-7(9)11-5-4-10-6-12(2,3)8/h4-6H2,1-3H3. The first-order chi connectivity index (χ1) is 5.42. The van der Waals surface area contributed by atoms with Crippen molar-refractivity contribution in [3.8, 4) is 0 Å². The third-order valence-corrected chi connectivity index (χ3v) is 2.20. The molecule has 0 aromatic heterocycles. The van der Waals surface area contributed by atoms with Gasteiger partial charge in [0.05, 0.1) is 12.8 Å². The Hall–Kier alpha value is -0.0631. The van der Waals surface area contributed by atoms with Gasteiger partial charge in [0.15, 0.2) is 7.38 Å². The summed E-state index contributed by atoms with van der Waals surface area (Å²) in [5.41, 5.74) is 0. The van der Waals surface area contributed by atoms with Crippen molar-refractivity contribution in [3.05, 3.63) is 0 Å². The monoisotopic (exact) mass is 210 g/mol. The molecule has 0 unspecified atom stereocenters. The largest absolute Gasteiger partial charge is 0.463 e. The highest BCUT2D eigenvalue weighted by Crippen LogP contribution is 2.06. The first kappa shape index (κ1) is 11.9. The summed E-state index contributed by atoms with van der Waals surface area (Å²) in [5.74, 6) is -0.277. The van der Waals surface area contributed by atoms with Gasteiger partial charge in [0.25, 0.3) is 0 Å². The normalized spacial score (nSPS) is 11.3. The van der Waals surface area contributed by atoms with E-state index in [1.54, 1.807) is 0 Å². The van der Waals surface area contributed by atoms with Crippen LogP contribution in [-0.2, 0) is 14.3 Å². The van der Waals surface area contributed by atoms with Crippen LogP contribution in [0.3, 0.4) is 0 Å². The number of carbonyl (C=O) groups excluding carboxylic acids is 1. The van der Waals surface area contributed by atoms with Gasteiger partial charge in [-0.05, 0) is 0 Å². The van der Waals surface area contributed by atoms with Gasteiger partial charge in [0, 0.05) is 6.92 Å². The van der Waals surface area contributed by atoms with Crippen molar-refractivity contribution in [1.29, 1.82) is 0 Å². The van der Waals surface area contributed by atoms with Crippen LogP contribution in [0.4, 0.5) is 0 Å².